The molecule has 0 unspecified atom stereocenters. The Bertz CT molecular complexity index is 615. The molecule has 1 heterocycles. The number of halogens is 1. The zero-order chi connectivity index (χ0) is 13.9. The van der Waals surface area contributed by atoms with Gasteiger partial charge in [0.25, 0.3) is 0 Å². The van der Waals surface area contributed by atoms with Gasteiger partial charge in [-0.2, -0.15) is 0 Å². The number of nitrogen functional groups attached to an aromatic ring is 1. The molecule has 20 heavy (non-hydrogen) atoms. The van der Waals surface area contributed by atoms with Crippen LogP contribution in [-0.2, 0) is 6.54 Å². The Morgan fingerprint density at radius 3 is 2.90 bits per heavy atom. The predicted molar refractivity (Wildman–Crippen MR) is 86.2 cm³/mol. The van der Waals surface area contributed by atoms with Crippen molar-refractivity contribution in [2.45, 2.75) is 13.0 Å². The van der Waals surface area contributed by atoms with Crippen molar-refractivity contribution >= 4 is 27.3 Å². The summed E-state index contributed by atoms with van der Waals surface area (Å²) in [5, 5.41) is 0. The van der Waals surface area contributed by atoms with Gasteiger partial charge >= 0.3 is 0 Å². The number of hydrogen-bond donors (Lipinski definition) is 1. The molecule has 0 amide bonds. The van der Waals surface area contributed by atoms with E-state index in [0.717, 1.165) is 47.7 Å². The molecule has 0 fully saturated rings. The van der Waals surface area contributed by atoms with Crippen molar-refractivity contribution in [2.24, 2.45) is 0 Å². The average molecular weight is 333 g/mol. The van der Waals surface area contributed by atoms with Crippen LogP contribution in [0.25, 0.3) is 0 Å². The van der Waals surface area contributed by atoms with Crippen molar-refractivity contribution in [3.05, 3.63) is 52.5 Å². The van der Waals surface area contributed by atoms with Gasteiger partial charge in [-0.25, -0.2) is 0 Å². The largest absolute Gasteiger partial charge is 0.491 e. The minimum atomic E-state index is 0.774. The summed E-state index contributed by atoms with van der Waals surface area (Å²) in [4.78, 5) is 2.36. The van der Waals surface area contributed by atoms with Crippen molar-refractivity contribution in [1.29, 1.82) is 0 Å². The highest BCUT2D eigenvalue weighted by molar-refractivity contribution is 9.10. The lowest BCUT2D eigenvalue weighted by molar-refractivity contribution is 0.322. The standard InChI is InChI=1S/C16H17BrN2O/c17-14-10-13(18)7-6-12(14)11-19-8-3-9-20-16-5-2-1-4-15(16)19/h1-2,4-7,10H,3,8-9,11,18H2. The first-order valence-electron chi connectivity index (χ1n) is 6.75. The van der Waals surface area contributed by atoms with E-state index in [1.54, 1.807) is 0 Å². The molecule has 0 spiro atoms. The fourth-order valence-corrected chi connectivity index (χ4v) is 2.98. The normalized spacial score (nSPS) is 14.3. The molecular weight excluding hydrogens is 316 g/mol. The second-order valence-corrected chi connectivity index (χ2v) is 5.80. The van der Waals surface area contributed by atoms with Crippen LogP contribution in [0.4, 0.5) is 11.4 Å². The zero-order valence-corrected chi connectivity index (χ0v) is 12.8. The average Bonchev–Trinajstić information content (AvgIpc) is 2.65. The SMILES string of the molecule is Nc1ccc(CN2CCCOc3ccccc32)c(Br)c1. The van der Waals surface area contributed by atoms with Crippen LogP contribution in [0.3, 0.4) is 0 Å². The van der Waals surface area contributed by atoms with Crippen LogP contribution in [0.5, 0.6) is 5.75 Å². The molecule has 3 rings (SSSR count). The fraction of sp³-hybridized carbons (Fsp3) is 0.250. The number of benzene rings is 2. The van der Waals surface area contributed by atoms with Gasteiger partial charge in [-0.05, 0) is 36.2 Å². The molecule has 3 nitrogen and oxygen atoms in total. The monoisotopic (exact) mass is 332 g/mol. The maximum atomic E-state index is 5.80. The van der Waals surface area contributed by atoms with Crippen LogP contribution in [0.2, 0.25) is 0 Å². The van der Waals surface area contributed by atoms with Crippen molar-refractivity contribution in [2.75, 3.05) is 23.8 Å². The first kappa shape index (κ1) is 13.3. The van der Waals surface area contributed by atoms with Gasteiger partial charge in [-0.3, -0.25) is 0 Å². The maximum Gasteiger partial charge on any atom is 0.142 e. The molecule has 0 aliphatic carbocycles. The Kier molecular flexibility index (Phi) is 3.83. The van der Waals surface area contributed by atoms with Gasteiger partial charge in [0.2, 0.25) is 0 Å². The van der Waals surface area contributed by atoms with Crippen molar-refractivity contribution in [3.63, 3.8) is 0 Å². The van der Waals surface area contributed by atoms with Crippen molar-refractivity contribution < 1.29 is 4.74 Å². The molecule has 0 aromatic heterocycles. The van der Waals surface area contributed by atoms with Gasteiger partial charge in [0.15, 0.2) is 0 Å². The van der Waals surface area contributed by atoms with Crippen LogP contribution in [0, 0.1) is 0 Å². The van der Waals surface area contributed by atoms with Crippen LogP contribution < -0.4 is 15.4 Å². The summed E-state index contributed by atoms with van der Waals surface area (Å²) in [6.07, 6.45) is 1.03. The number of nitrogens with zero attached hydrogens (tertiary/aromatic N) is 1. The quantitative estimate of drug-likeness (QED) is 0.849. The van der Waals surface area contributed by atoms with E-state index in [1.807, 2.05) is 24.3 Å². The molecule has 0 saturated carbocycles. The van der Waals surface area contributed by atoms with E-state index in [9.17, 15) is 0 Å². The lowest BCUT2D eigenvalue weighted by atomic mass is 10.1. The Labute approximate surface area is 127 Å². The Hall–Kier alpha value is -1.68. The van der Waals surface area contributed by atoms with E-state index >= 15 is 0 Å². The van der Waals surface area contributed by atoms with Crippen molar-refractivity contribution in [1.82, 2.24) is 0 Å². The fourth-order valence-electron chi connectivity index (χ4n) is 2.46. The van der Waals surface area contributed by atoms with E-state index in [2.05, 4.69) is 39.0 Å². The Balaban J connectivity index is 1.90. The number of para-hydroxylation sites is 2. The van der Waals surface area contributed by atoms with Gasteiger partial charge in [-0.1, -0.05) is 34.1 Å². The first-order chi connectivity index (χ1) is 9.74. The predicted octanol–water partition coefficient (Wildman–Crippen LogP) is 3.82. The molecular formula is C16H17BrN2O. The molecule has 2 aromatic carbocycles. The van der Waals surface area contributed by atoms with Gasteiger partial charge in [0, 0.05) is 23.2 Å². The third kappa shape index (κ3) is 2.75. The number of fused-ring (bicyclic) bond motifs is 1. The van der Waals surface area contributed by atoms with Gasteiger partial charge in [0.05, 0.1) is 12.3 Å². The second kappa shape index (κ2) is 5.75. The van der Waals surface area contributed by atoms with Crippen LogP contribution in [-0.4, -0.2) is 13.2 Å². The van der Waals surface area contributed by atoms with Crippen LogP contribution in [0.15, 0.2) is 46.9 Å². The molecule has 104 valence electrons. The van der Waals surface area contributed by atoms with E-state index in [0.29, 0.717) is 0 Å². The first-order valence-corrected chi connectivity index (χ1v) is 7.54. The van der Waals surface area contributed by atoms with E-state index in [-0.39, 0.29) is 0 Å². The minimum Gasteiger partial charge on any atom is -0.491 e. The molecule has 2 aromatic rings. The molecule has 2 N–H and O–H groups in total. The van der Waals surface area contributed by atoms with E-state index in [1.165, 1.54) is 5.56 Å². The molecule has 0 atom stereocenters. The third-order valence-corrected chi connectivity index (χ3v) is 4.21. The Morgan fingerprint density at radius 1 is 1.20 bits per heavy atom. The number of ether oxygens (including phenoxy) is 1. The zero-order valence-electron chi connectivity index (χ0n) is 11.2. The summed E-state index contributed by atoms with van der Waals surface area (Å²) < 4.78 is 6.85. The van der Waals surface area contributed by atoms with Crippen LogP contribution >= 0.6 is 15.9 Å². The lowest BCUT2D eigenvalue weighted by Gasteiger charge is -2.24. The lowest BCUT2D eigenvalue weighted by Crippen LogP contribution is -2.23. The van der Waals surface area contributed by atoms with Gasteiger partial charge < -0.3 is 15.4 Å². The second-order valence-electron chi connectivity index (χ2n) is 4.94. The smallest absolute Gasteiger partial charge is 0.142 e. The summed E-state index contributed by atoms with van der Waals surface area (Å²) in [6, 6.07) is 14.2. The molecule has 4 heteroatoms. The number of anilines is 2. The summed E-state index contributed by atoms with van der Waals surface area (Å²) in [6.45, 7) is 2.62. The summed E-state index contributed by atoms with van der Waals surface area (Å²) in [5.41, 5.74) is 8.97. The molecule has 0 radical (unpaired) electrons. The Morgan fingerprint density at radius 2 is 2.05 bits per heavy atom. The maximum absolute atomic E-state index is 5.80. The summed E-state index contributed by atoms with van der Waals surface area (Å²) in [5.74, 6) is 0.969. The molecule has 1 aliphatic heterocycles. The minimum absolute atomic E-state index is 0.774. The topological polar surface area (TPSA) is 38.5 Å². The van der Waals surface area contributed by atoms with Gasteiger partial charge in [-0.15, -0.1) is 0 Å². The summed E-state index contributed by atoms with van der Waals surface area (Å²) in [7, 11) is 0. The van der Waals surface area contributed by atoms with E-state index in [4.69, 9.17) is 10.5 Å². The highest BCUT2D eigenvalue weighted by atomic mass is 79.9. The van der Waals surface area contributed by atoms with E-state index < -0.39 is 0 Å². The number of nitrogens with two attached hydrogens (primary N) is 1. The molecule has 1 aliphatic rings. The number of rotatable bonds is 2. The third-order valence-electron chi connectivity index (χ3n) is 3.47. The summed E-state index contributed by atoms with van der Waals surface area (Å²) >= 11 is 3.60. The highest BCUT2D eigenvalue weighted by Gasteiger charge is 2.16. The van der Waals surface area contributed by atoms with Crippen molar-refractivity contribution in [3.8, 4) is 5.75 Å². The van der Waals surface area contributed by atoms with Gasteiger partial charge in [0.1, 0.15) is 5.75 Å². The van der Waals surface area contributed by atoms with Crippen LogP contribution in [0.1, 0.15) is 12.0 Å². The number of hydrogen-bond acceptors (Lipinski definition) is 3. The molecule has 0 saturated heterocycles. The molecule has 0 bridgehead atoms. The highest BCUT2D eigenvalue weighted by Crippen LogP contribution is 2.32.